The van der Waals surface area contributed by atoms with Crippen molar-refractivity contribution in [3.8, 4) is 0 Å². The van der Waals surface area contributed by atoms with Crippen molar-refractivity contribution in [2.45, 2.75) is 162 Å². The van der Waals surface area contributed by atoms with Crippen molar-refractivity contribution in [1.82, 2.24) is 0 Å². The number of aliphatic hydroxyl groups is 2. The predicted octanol–water partition coefficient (Wildman–Crippen LogP) is 11.7. The molecule has 10 aliphatic carbocycles. The Morgan fingerprint density at radius 2 is 0.762 bits per heavy atom. The average molecular weight is 1090 g/mol. The van der Waals surface area contributed by atoms with Crippen LogP contribution in [0.25, 0.3) is 0 Å². The fourth-order valence-corrected chi connectivity index (χ4v) is 18.3. The molecule has 0 aliphatic heterocycles. The van der Waals surface area contributed by atoms with E-state index in [-0.39, 0.29) is 79.5 Å². The Hall–Kier alpha value is -5.65. The first-order valence-corrected chi connectivity index (χ1v) is 28.8. The Labute approximate surface area is 474 Å². The van der Waals surface area contributed by atoms with Crippen molar-refractivity contribution in [3.05, 3.63) is 119 Å². The molecule has 12 rings (SSSR count). The molecule has 10 aliphatic rings. The number of carbonyl (C=O) groups excluding carboxylic acids is 9. The average Bonchev–Trinajstić information content (AvgIpc) is 3.50. The van der Waals surface area contributed by atoms with Gasteiger partial charge in [-0.3, -0.25) is 38.4 Å². The second-order valence-corrected chi connectivity index (χ2v) is 28.7. The van der Waals surface area contributed by atoms with E-state index in [0.29, 0.717) is 11.1 Å². The molecule has 0 amide bonds. The van der Waals surface area contributed by atoms with E-state index >= 15 is 9.59 Å². The highest BCUT2D eigenvalue weighted by molar-refractivity contribution is 6.44. The minimum Gasteiger partial charge on any atom is -0.392 e. The lowest BCUT2D eigenvalue weighted by molar-refractivity contribution is -0.246. The minimum atomic E-state index is -1.99. The molecule has 2 aromatic rings. The number of carbonyl (C=O) groups is 9. The molecule has 10 saturated carbocycles. The van der Waals surface area contributed by atoms with Gasteiger partial charge in [0.05, 0.1) is 33.9 Å². The molecule has 10 fully saturated rings. The van der Waals surface area contributed by atoms with Gasteiger partial charge in [-0.15, -0.1) is 0 Å². The van der Waals surface area contributed by atoms with Crippen molar-refractivity contribution in [1.29, 1.82) is 0 Å². The number of hydrogen-bond acceptors (Lipinski definition) is 11. The molecule has 0 radical (unpaired) electrons. The second kappa shape index (κ2) is 19.2. The molecule has 0 heterocycles. The van der Waals surface area contributed by atoms with Crippen LogP contribution in [-0.2, 0) is 33.6 Å². The fraction of sp³-hybridized carbons (Fsp3) is 0.580. The first kappa shape index (κ1) is 60.4. The quantitative estimate of drug-likeness (QED) is 0.131. The summed E-state index contributed by atoms with van der Waals surface area (Å²) in [6.07, 6.45) is 3.04. The molecule has 80 heavy (non-hydrogen) atoms. The first-order valence-electron chi connectivity index (χ1n) is 28.8. The molecule has 2 aromatic carbocycles. The Bertz CT molecular complexity index is 2930. The smallest absolute Gasteiger partial charge is 0.184 e. The normalized spacial score (nSPS) is 38.4. The molecule has 428 valence electrons. The Balaban J connectivity index is 0.000000197. The first-order chi connectivity index (χ1) is 36.8. The number of Topliss-reactive ketones (excluding diaryl/α,β-unsaturated/α-hetero) is 9. The fourth-order valence-electron chi connectivity index (χ4n) is 18.3. The molecule has 14 atom stereocenters. The summed E-state index contributed by atoms with van der Waals surface area (Å²) >= 11 is 0. The van der Waals surface area contributed by atoms with Crippen LogP contribution in [0.2, 0.25) is 0 Å². The van der Waals surface area contributed by atoms with E-state index in [0.717, 1.165) is 22.3 Å². The van der Waals surface area contributed by atoms with Gasteiger partial charge >= 0.3 is 0 Å². The largest absolute Gasteiger partial charge is 0.392 e. The molecule has 11 nitrogen and oxygen atoms in total. The van der Waals surface area contributed by atoms with E-state index in [1.54, 1.807) is 60.7 Å². The summed E-state index contributed by atoms with van der Waals surface area (Å²) in [5.74, 6) is -6.57. The maximum Gasteiger partial charge on any atom is 0.184 e. The molecule has 11 heteroatoms. The molecule has 2 N–H and O–H groups in total. The van der Waals surface area contributed by atoms with Crippen LogP contribution in [-0.4, -0.2) is 74.5 Å². The van der Waals surface area contributed by atoms with E-state index in [2.05, 4.69) is 13.2 Å². The second-order valence-electron chi connectivity index (χ2n) is 28.7. The van der Waals surface area contributed by atoms with Gasteiger partial charge in [-0.05, 0) is 139 Å². The highest BCUT2D eigenvalue weighted by Crippen LogP contribution is 2.80. The minimum absolute atomic E-state index is 0.167. The van der Waals surface area contributed by atoms with Gasteiger partial charge in [0, 0.05) is 23.0 Å². The van der Waals surface area contributed by atoms with Crippen LogP contribution < -0.4 is 0 Å². The van der Waals surface area contributed by atoms with Gasteiger partial charge in [0.15, 0.2) is 57.1 Å². The van der Waals surface area contributed by atoms with Crippen LogP contribution in [0.4, 0.5) is 0 Å². The zero-order chi connectivity index (χ0) is 60.0. The zero-order valence-electron chi connectivity index (χ0n) is 50.3. The van der Waals surface area contributed by atoms with Crippen LogP contribution in [0.3, 0.4) is 0 Å². The van der Waals surface area contributed by atoms with Crippen LogP contribution in [0.1, 0.15) is 170 Å². The maximum atomic E-state index is 15.1. The number of aliphatic hydroxyl groups excluding tert-OH is 2. The van der Waals surface area contributed by atoms with Crippen LogP contribution >= 0.6 is 0 Å². The summed E-state index contributed by atoms with van der Waals surface area (Å²) in [7, 11) is 0. The van der Waals surface area contributed by atoms with Crippen LogP contribution in [0, 0.1) is 89.7 Å². The number of benzene rings is 2. The zero-order valence-corrected chi connectivity index (χ0v) is 50.3. The standard InChI is InChI=1S/2C33H40O5.C3H6O/c2*1-18(2)14-15-31-16-22-23-25(35)29(5,6)21(19(3)4)17-32(23,26(31)36)28(38)33(27(31)37,30(22,7)8)24(34)20-12-10-9-11-13-20;1-3(2)4/h2*9-14,21-23,25,35H,3,15-17H2,1-2,4-8H3;1-2H3/t2*21-,22-,23-,25-,31+,32-,33+;/m11./s1. The summed E-state index contributed by atoms with van der Waals surface area (Å²) in [5, 5.41) is 24.0. The lowest BCUT2D eigenvalue weighted by Gasteiger charge is -2.74. The van der Waals surface area contributed by atoms with E-state index in [1.807, 2.05) is 109 Å². The lowest BCUT2D eigenvalue weighted by atomic mass is 9.24. The topological polar surface area (TPSA) is 194 Å². The van der Waals surface area contributed by atoms with Crippen molar-refractivity contribution >= 4 is 52.0 Å². The monoisotopic (exact) mass is 1090 g/mol. The highest BCUT2D eigenvalue weighted by Gasteiger charge is 2.91. The van der Waals surface area contributed by atoms with Gasteiger partial charge in [0.1, 0.15) is 5.78 Å². The number of rotatable bonds is 10. The van der Waals surface area contributed by atoms with Crippen LogP contribution in [0.5, 0.6) is 0 Å². The van der Waals surface area contributed by atoms with Crippen molar-refractivity contribution in [2.75, 3.05) is 0 Å². The summed E-state index contributed by atoms with van der Waals surface area (Å²) in [6, 6.07) is 17.1. The molecule has 0 unspecified atom stereocenters. The third-order valence-electron chi connectivity index (χ3n) is 22.4. The van der Waals surface area contributed by atoms with E-state index in [1.165, 1.54) is 13.8 Å². The van der Waals surface area contributed by atoms with E-state index in [4.69, 9.17) is 0 Å². The summed E-state index contributed by atoms with van der Waals surface area (Å²) in [6.45, 7) is 38.1. The number of allylic oxidation sites excluding steroid dienone is 6. The maximum absolute atomic E-state index is 15.1. The highest BCUT2D eigenvalue weighted by atomic mass is 16.3. The summed E-state index contributed by atoms with van der Waals surface area (Å²) in [4.78, 5) is 128. The SMILES string of the molecule is C=C(C)[C@H]1C[C@]23C(=O)[C@]4(CC=C(C)C)C[C@H]([C@@H]2[C@@H](O)C1(C)C)C(C)(C)[C@@](C(=O)c1ccccc1)(C4=O)C3=O.C=C(C)[C@H]1C[C@]23C(=O)[C@]4(CC=C(C)C)C[C@H]([C@@H]2[C@@H](O)C1(C)C)C(C)(C)[C@@](C(=O)c1ccccc1)(C4=O)C3=O.CC(C)=O. The molecule has 0 saturated heterocycles. The van der Waals surface area contributed by atoms with Crippen molar-refractivity contribution in [3.63, 3.8) is 0 Å². The lowest BCUT2D eigenvalue weighted by Crippen LogP contribution is -2.86. The molecular formula is C69H86O11. The predicted molar refractivity (Wildman–Crippen MR) is 307 cm³/mol. The summed E-state index contributed by atoms with van der Waals surface area (Å²) < 4.78 is 0. The van der Waals surface area contributed by atoms with Gasteiger partial charge in [-0.2, -0.15) is 0 Å². The Kier molecular flexibility index (Phi) is 14.5. The Morgan fingerprint density at radius 3 is 1.02 bits per heavy atom. The third kappa shape index (κ3) is 7.32. The van der Waals surface area contributed by atoms with Gasteiger partial charge < -0.3 is 15.0 Å². The molecule has 0 aromatic heterocycles. The Morgan fingerprint density at radius 1 is 0.475 bits per heavy atom. The molecular weight excluding hydrogens is 1000 g/mol. The van der Waals surface area contributed by atoms with E-state index in [9.17, 15) is 43.8 Å². The van der Waals surface area contributed by atoms with Crippen LogP contribution in [0.15, 0.2) is 108 Å². The van der Waals surface area contributed by atoms with Gasteiger partial charge in [0.25, 0.3) is 0 Å². The number of ketones is 9. The van der Waals surface area contributed by atoms with Crippen molar-refractivity contribution < 1.29 is 53.4 Å². The van der Waals surface area contributed by atoms with E-state index < -0.39 is 113 Å². The number of hydrogen-bond donors (Lipinski definition) is 2. The van der Waals surface area contributed by atoms with Crippen molar-refractivity contribution in [2.24, 2.45) is 89.7 Å². The van der Waals surface area contributed by atoms with Gasteiger partial charge in [-0.25, -0.2) is 0 Å². The van der Waals surface area contributed by atoms with Gasteiger partial charge in [-0.1, -0.05) is 164 Å². The van der Waals surface area contributed by atoms with Gasteiger partial charge in [0.2, 0.25) is 0 Å². The molecule has 8 bridgehead atoms. The molecule has 2 spiro atoms. The summed E-state index contributed by atoms with van der Waals surface area (Å²) in [5.41, 5.74) is -9.41. The third-order valence-corrected chi connectivity index (χ3v) is 22.4.